The molecule has 0 amide bonds. The van der Waals surface area contributed by atoms with Crippen LogP contribution in [0, 0.1) is 18.2 Å². The molecule has 0 N–H and O–H groups in total. The first-order valence-electron chi connectivity index (χ1n) is 9.62. The fourth-order valence-electron chi connectivity index (χ4n) is 3.94. The second-order valence-corrected chi connectivity index (χ2v) is 8.41. The molecule has 1 atom stereocenters. The molecule has 152 valence electrons. The van der Waals surface area contributed by atoms with Crippen molar-refractivity contribution >= 4 is 34.3 Å². The number of ether oxygens (including phenoxy) is 1. The number of piperazine rings is 1. The Labute approximate surface area is 172 Å². The largest absolute Gasteiger partial charge is 0.462 e. The predicted molar refractivity (Wildman–Crippen MR) is 112 cm³/mol. The van der Waals surface area contributed by atoms with Gasteiger partial charge in [0, 0.05) is 31.6 Å². The highest BCUT2D eigenvalue weighted by molar-refractivity contribution is 8.00. The first kappa shape index (κ1) is 19.8. The quantitative estimate of drug-likeness (QED) is 0.565. The molecule has 0 aliphatic carbocycles. The number of nitrogens with zero attached hydrogens (tertiary/aromatic N) is 3. The van der Waals surface area contributed by atoms with Crippen molar-refractivity contribution in [1.29, 1.82) is 0 Å². The Kier molecular flexibility index (Phi) is 5.28. The van der Waals surface area contributed by atoms with Crippen LogP contribution in [0.3, 0.4) is 0 Å². The number of hydrogen-bond acceptors (Lipinski definition) is 6. The van der Waals surface area contributed by atoms with E-state index in [1.165, 1.54) is 17.8 Å². The lowest BCUT2D eigenvalue weighted by molar-refractivity contribution is 0.0518. The summed E-state index contributed by atoms with van der Waals surface area (Å²) in [7, 11) is 0. The minimum Gasteiger partial charge on any atom is -0.462 e. The number of rotatable bonds is 4. The molecule has 2 aromatic rings. The predicted octanol–water partition coefficient (Wildman–Crippen LogP) is 2.70. The first-order valence-corrected chi connectivity index (χ1v) is 10.5. The smallest absolute Gasteiger partial charge is 0.344 e. The van der Waals surface area contributed by atoms with Crippen LogP contribution >= 0.6 is 11.8 Å². The Hall–Kier alpha value is -2.50. The Morgan fingerprint density at radius 3 is 2.69 bits per heavy atom. The Morgan fingerprint density at radius 1 is 1.34 bits per heavy atom. The minimum atomic E-state index is -0.656. The van der Waals surface area contributed by atoms with Crippen molar-refractivity contribution in [2.75, 3.05) is 44.2 Å². The van der Waals surface area contributed by atoms with Crippen molar-refractivity contribution in [2.24, 2.45) is 0 Å². The molecule has 0 bridgehead atoms. The van der Waals surface area contributed by atoms with Gasteiger partial charge in [0.2, 0.25) is 5.43 Å². The van der Waals surface area contributed by atoms with Crippen LogP contribution < -0.4 is 10.3 Å². The molecule has 1 unspecified atom stereocenters. The van der Waals surface area contributed by atoms with E-state index >= 15 is 4.39 Å². The number of halogens is 1. The second kappa shape index (κ2) is 7.73. The zero-order valence-electron chi connectivity index (χ0n) is 16.4. The molecule has 0 radical (unpaired) electrons. The van der Waals surface area contributed by atoms with E-state index in [4.69, 9.17) is 11.2 Å². The maximum absolute atomic E-state index is 15.0. The highest BCUT2D eigenvalue weighted by atomic mass is 32.2. The van der Waals surface area contributed by atoms with Gasteiger partial charge >= 0.3 is 5.97 Å². The molecule has 1 aromatic heterocycles. The molecule has 2 aliphatic heterocycles. The van der Waals surface area contributed by atoms with Gasteiger partial charge < -0.3 is 14.2 Å². The maximum Gasteiger partial charge on any atom is 0.344 e. The number of fused-ring (bicyclic) bond motifs is 3. The van der Waals surface area contributed by atoms with Crippen molar-refractivity contribution in [2.45, 2.75) is 24.2 Å². The van der Waals surface area contributed by atoms with E-state index in [0.29, 0.717) is 35.9 Å². The molecule has 1 fully saturated rings. The number of terminal acetylenes is 1. The van der Waals surface area contributed by atoms with E-state index in [1.807, 2.05) is 16.4 Å². The summed E-state index contributed by atoms with van der Waals surface area (Å²) in [6, 6.07) is 2.99. The molecule has 3 heterocycles. The number of benzene rings is 1. The van der Waals surface area contributed by atoms with Gasteiger partial charge in [-0.05, 0) is 26.0 Å². The van der Waals surface area contributed by atoms with E-state index < -0.39 is 17.2 Å². The standard InChI is InChI=1S/C21H22FN3O3S/c1-4-6-23-7-9-24(10-8-23)17-12-16-14(11-15(17)22)19(26)18(21(27)28-5-2)20-25(16)13(3)29-20/h1,11-13H,5-10H2,2-3H3. The second-order valence-electron chi connectivity index (χ2n) is 7.10. The molecular weight excluding hydrogens is 393 g/mol. The van der Waals surface area contributed by atoms with Gasteiger partial charge in [-0.15, -0.1) is 6.42 Å². The van der Waals surface area contributed by atoms with Crippen LogP contribution in [-0.2, 0) is 4.74 Å². The van der Waals surface area contributed by atoms with Crippen LogP contribution in [0.1, 0.15) is 29.6 Å². The number of pyridine rings is 1. The average molecular weight is 415 g/mol. The number of carbonyl (C=O) groups is 1. The summed E-state index contributed by atoms with van der Waals surface area (Å²) in [5.74, 6) is 1.52. The summed E-state index contributed by atoms with van der Waals surface area (Å²) in [6.07, 6.45) is 5.38. The summed E-state index contributed by atoms with van der Waals surface area (Å²) in [5.41, 5.74) is 0.637. The number of carbonyl (C=O) groups excluding carboxylic acids is 1. The molecule has 1 saturated heterocycles. The van der Waals surface area contributed by atoms with E-state index in [1.54, 1.807) is 13.0 Å². The Bertz CT molecular complexity index is 1080. The first-order chi connectivity index (χ1) is 14.0. The highest BCUT2D eigenvalue weighted by Gasteiger charge is 2.34. The maximum atomic E-state index is 15.0. The van der Waals surface area contributed by atoms with Crippen molar-refractivity contribution in [3.8, 4) is 12.3 Å². The third kappa shape index (κ3) is 3.28. The van der Waals surface area contributed by atoms with Crippen LogP contribution in [0.25, 0.3) is 10.9 Å². The van der Waals surface area contributed by atoms with Crippen LogP contribution in [-0.4, -0.2) is 54.8 Å². The van der Waals surface area contributed by atoms with Gasteiger partial charge in [0.05, 0.1) is 34.8 Å². The lowest BCUT2D eigenvalue weighted by atomic mass is 10.1. The Balaban J connectivity index is 1.79. The van der Waals surface area contributed by atoms with E-state index in [9.17, 15) is 9.59 Å². The van der Waals surface area contributed by atoms with Crippen molar-refractivity contribution in [1.82, 2.24) is 9.47 Å². The van der Waals surface area contributed by atoms with Gasteiger partial charge in [-0.25, -0.2) is 9.18 Å². The number of aromatic nitrogens is 1. The molecule has 8 heteroatoms. The molecule has 29 heavy (non-hydrogen) atoms. The number of anilines is 1. The molecule has 4 rings (SSSR count). The zero-order chi connectivity index (χ0) is 20.7. The van der Waals surface area contributed by atoms with Crippen LogP contribution in [0.2, 0.25) is 0 Å². The fourth-order valence-corrected chi connectivity index (χ4v) is 5.09. The summed E-state index contributed by atoms with van der Waals surface area (Å²) in [4.78, 5) is 29.4. The van der Waals surface area contributed by atoms with E-state index in [0.717, 1.165) is 13.1 Å². The molecule has 2 aliphatic rings. The van der Waals surface area contributed by atoms with Crippen LogP contribution in [0.4, 0.5) is 10.1 Å². The third-order valence-electron chi connectivity index (χ3n) is 5.38. The minimum absolute atomic E-state index is 0.00232. The lowest BCUT2D eigenvalue weighted by Gasteiger charge is -2.36. The number of thioether (sulfide) groups is 1. The molecular formula is C21H22FN3O3S. The summed E-state index contributed by atoms with van der Waals surface area (Å²) in [6.45, 7) is 7.27. The number of esters is 1. The highest BCUT2D eigenvalue weighted by Crippen LogP contribution is 2.46. The normalized spacial score (nSPS) is 18.8. The monoisotopic (exact) mass is 415 g/mol. The van der Waals surface area contributed by atoms with Crippen LogP contribution in [0.15, 0.2) is 22.0 Å². The van der Waals surface area contributed by atoms with Gasteiger partial charge in [0.1, 0.15) is 11.4 Å². The van der Waals surface area contributed by atoms with Gasteiger partial charge in [-0.3, -0.25) is 9.69 Å². The molecule has 6 nitrogen and oxygen atoms in total. The summed E-state index contributed by atoms with van der Waals surface area (Å²) in [5, 5.41) is 0.841. The fraction of sp³-hybridized carbons (Fsp3) is 0.429. The van der Waals surface area contributed by atoms with Crippen molar-refractivity contribution in [3.05, 3.63) is 33.7 Å². The van der Waals surface area contributed by atoms with E-state index in [-0.39, 0.29) is 22.9 Å². The topological polar surface area (TPSA) is 54.8 Å². The zero-order valence-corrected chi connectivity index (χ0v) is 17.2. The SMILES string of the molecule is C#CCN1CCN(c2cc3c(cc2F)c(=O)c(C(=O)OCC)c2n3C(C)S2)CC1. The van der Waals surface area contributed by atoms with Gasteiger partial charge in [0.25, 0.3) is 0 Å². The van der Waals surface area contributed by atoms with Crippen molar-refractivity contribution < 1.29 is 13.9 Å². The molecule has 0 saturated carbocycles. The van der Waals surface area contributed by atoms with E-state index in [2.05, 4.69) is 10.8 Å². The Morgan fingerprint density at radius 2 is 2.07 bits per heavy atom. The van der Waals surface area contributed by atoms with Gasteiger partial charge in [-0.1, -0.05) is 17.7 Å². The average Bonchev–Trinajstić information content (AvgIpc) is 2.69. The number of hydrogen-bond donors (Lipinski definition) is 0. The van der Waals surface area contributed by atoms with Crippen LogP contribution in [0.5, 0.6) is 0 Å². The lowest BCUT2D eigenvalue weighted by Crippen LogP contribution is -2.46. The van der Waals surface area contributed by atoms with Gasteiger partial charge in [-0.2, -0.15) is 0 Å². The summed E-state index contributed by atoms with van der Waals surface area (Å²) < 4.78 is 22.0. The molecule has 0 spiro atoms. The summed E-state index contributed by atoms with van der Waals surface area (Å²) >= 11 is 1.44. The third-order valence-corrected chi connectivity index (χ3v) is 6.56. The molecule has 1 aromatic carbocycles. The van der Waals surface area contributed by atoms with Gasteiger partial charge in [0.15, 0.2) is 0 Å². The van der Waals surface area contributed by atoms with Crippen molar-refractivity contribution in [3.63, 3.8) is 0 Å².